The van der Waals surface area contributed by atoms with Crippen molar-refractivity contribution in [3.8, 4) is 0 Å². The molecule has 0 aliphatic rings. The first-order valence-electron chi connectivity index (χ1n) is 4.55. The molecule has 0 saturated heterocycles. The lowest BCUT2D eigenvalue weighted by Crippen LogP contribution is -2.44. The summed E-state index contributed by atoms with van der Waals surface area (Å²) in [6.07, 6.45) is -0.172. The van der Waals surface area contributed by atoms with E-state index in [-0.39, 0.29) is 6.42 Å². The topological polar surface area (TPSA) is 101 Å². The van der Waals surface area contributed by atoms with Crippen molar-refractivity contribution in [1.82, 2.24) is 5.32 Å². The Morgan fingerprint density at radius 3 is 2.38 bits per heavy atom. The van der Waals surface area contributed by atoms with Crippen molar-refractivity contribution >= 4 is 21.7 Å². The average molecular weight is 255 g/mol. The van der Waals surface area contributed by atoms with Crippen LogP contribution in [0, 0.1) is 0 Å². The smallest absolute Gasteiger partial charge is 0.327 e. The van der Waals surface area contributed by atoms with Gasteiger partial charge in [0.1, 0.15) is 6.04 Å². The van der Waals surface area contributed by atoms with Crippen LogP contribution in [-0.2, 0) is 19.4 Å². The van der Waals surface area contributed by atoms with E-state index in [4.69, 9.17) is 5.11 Å². The lowest BCUT2D eigenvalue weighted by Gasteiger charge is -2.12. The van der Waals surface area contributed by atoms with Gasteiger partial charge in [0.15, 0.2) is 9.84 Å². The third kappa shape index (κ3) is 6.33. The van der Waals surface area contributed by atoms with Crippen LogP contribution in [-0.4, -0.2) is 49.6 Å². The minimum Gasteiger partial charge on any atom is -0.480 e. The second-order valence-corrected chi connectivity index (χ2v) is 5.48. The molecule has 0 aliphatic carbocycles. The Kier molecular flexibility index (Phi) is 5.94. The Bertz CT molecular complexity index is 353. The van der Waals surface area contributed by atoms with Crippen LogP contribution in [0.25, 0.3) is 0 Å². The van der Waals surface area contributed by atoms with Crippen molar-refractivity contribution in [3.63, 3.8) is 0 Å². The number of carbonyl (C=O) groups excluding carboxylic acids is 1. The van der Waals surface area contributed by atoms with Crippen molar-refractivity contribution in [2.75, 3.05) is 18.2 Å². The summed E-state index contributed by atoms with van der Waals surface area (Å²) in [7, 11) is -3.67. The lowest BCUT2D eigenvalue weighted by molar-refractivity contribution is -0.140. The van der Waals surface area contributed by atoms with E-state index in [1.807, 2.05) is 5.32 Å². The summed E-state index contributed by atoms with van der Waals surface area (Å²) in [5.41, 5.74) is 0. The summed E-state index contributed by atoms with van der Waals surface area (Å²) in [6, 6.07) is -1.48. The molecule has 2 N–H and O–H groups in total. The maximum Gasteiger partial charge on any atom is 0.327 e. The van der Waals surface area contributed by atoms with Gasteiger partial charge in [-0.05, 0) is 6.42 Å². The SMILES string of the molecule is CC(=O)N[C@@H](CS(=O)(=O)CCCF)C(=O)O. The Morgan fingerprint density at radius 2 is 2.00 bits per heavy atom. The molecule has 0 fully saturated rings. The largest absolute Gasteiger partial charge is 0.480 e. The highest BCUT2D eigenvalue weighted by atomic mass is 32.2. The van der Waals surface area contributed by atoms with E-state index < -0.39 is 45.9 Å². The van der Waals surface area contributed by atoms with Crippen molar-refractivity contribution in [3.05, 3.63) is 0 Å². The molecule has 0 unspecified atom stereocenters. The molecule has 0 saturated carbocycles. The monoisotopic (exact) mass is 255 g/mol. The Balaban J connectivity index is 4.50. The van der Waals surface area contributed by atoms with E-state index in [0.717, 1.165) is 6.92 Å². The van der Waals surface area contributed by atoms with Crippen LogP contribution in [0.3, 0.4) is 0 Å². The molecule has 0 rings (SSSR count). The molecular formula is C8H14FNO5S. The second kappa shape index (κ2) is 6.41. The van der Waals surface area contributed by atoms with Gasteiger partial charge in [-0.25, -0.2) is 13.2 Å². The number of alkyl halides is 1. The zero-order valence-electron chi connectivity index (χ0n) is 8.77. The highest BCUT2D eigenvalue weighted by Gasteiger charge is 2.25. The number of carbonyl (C=O) groups is 2. The minimum absolute atomic E-state index is 0.172. The summed E-state index contributed by atoms with van der Waals surface area (Å²) >= 11 is 0. The van der Waals surface area contributed by atoms with Gasteiger partial charge in [0.2, 0.25) is 5.91 Å². The normalized spacial score (nSPS) is 13.1. The molecule has 1 atom stereocenters. The van der Waals surface area contributed by atoms with E-state index in [1.54, 1.807) is 0 Å². The van der Waals surface area contributed by atoms with Gasteiger partial charge in [0.05, 0.1) is 18.2 Å². The van der Waals surface area contributed by atoms with Gasteiger partial charge >= 0.3 is 5.97 Å². The van der Waals surface area contributed by atoms with Crippen molar-refractivity contribution in [2.24, 2.45) is 0 Å². The van der Waals surface area contributed by atoms with Crippen LogP contribution >= 0.6 is 0 Å². The fourth-order valence-corrected chi connectivity index (χ4v) is 2.48. The first-order valence-corrected chi connectivity index (χ1v) is 6.37. The molecular weight excluding hydrogens is 241 g/mol. The summed E-state index contributed by atoms with van der Waals surface area (Å²) < 4.78 is 34.4. The van der Waals surface area contributed by atoms with Gasteiger partial charge in [-0.2, -0.15) is 0 Å². The molecule has 16 heavy (non-hydrogen) atoms. The quantitative estimate of drug-likeness (QED) is 0.629. The number of sulfone groups is 1. The number of nitrogens with one attached hydrogen (secondary N) is 1. The lowest BCUT2D eigenvalue weighted by atomic mass is 10.3. The van der Waals surface area contributed by atoms with E-state index in [9.17, 15) is 22.4 Å². The number of halogens is 1. The minimum atomic E-state index is -3.67. The fraction of sp³-hybridized carbons (Fsp3) is 0.750. The van der Waals surface area contributed by atoms with Gasteiger partial charge in [0.25, 0.3) is 0 Å². The van der Waals surface area contributed by atoms with Crippen LogP contribution in [0.1, 0.15) is 13.3 Å². The molecule has 1 amide bonds. The predicted octanol–water partition coefficient (Wildman–Crippen LogP) is -0.650. The molecule has 8 heteroatoms. The number of aliphatic carboxylic acids is 1. The molecule has 0 radical (unpaired) electrons. The van der Waals surface area contributed by atoms with Crippen molar-refractivity contribution in [1.29, 1.82) is 0 Å². The van der Waals surface area contributed by atoms with Gasteiger partial charge < -0.3 is 10.4 Å². The summed E-state index contributed by atoms with van der Waals surface area (Å²) in [4.78, 5) is 21.3. The molecule has 6 nitrogen and oxygen atoms in total. The van der Waals surface area contributed by atoms with Crippen molar-refractivity contribution in [2.45, 2.75) is 19.4 Å². The van der Waals surface area contributed by atoms with Crippen molar-refractivity contribution < 1.29 is 27.5 Å². The zero-order valence-corrected chi connectivity index (χ0v) is 9.59. The van der Waals surface area contributed by atoms with Crippen LogP contribution in [0.2, 0.25) is 0 Å². The molecule has 0 aliphatic heterocycles. The van der Waals surface area contributed by atoms with Crippen LogP contribution in [0.5, 0.6) is 0 Å². The maximum atomic E-state index is 11.8. The summed E-state index contributed by atoms with van der Waals surface area (Å²) in [5.74, 6) is -3.21. The van der Waals surface area contributed by atoms with Crippen LogP contribution < -0.4 is 5.32 Å². The standard InChI is InChI=1S/C8H14FNO5S/c1-6(11)10-7(8(12)13)5-16(14,15)4-2-3-9/h7H,2-5H2,1H3,(H,10,11)(H,12,13)/t7-/m0/s1. The fourth-order valence-electron chi connectivity index (χ4n) is 1.03. The Hall–Kier alpha value is -1.18. The number of hydrogen-bond donors (Lipinski definition) is 2. The predicted molar refractivity (Wildman–Crippen MR) is 54.5 cm³/mol. The van der Waals surface area contributed by atoms with Crippen LogP contribution in [0.15, 0.2) is 0 Å². The van der Waals surface area contributed by atoms with Gasteiger partial charge in [-0.15, -0.1) is 0 Å². The molecule has 0 heterocycles. The molecule has 0 aromatic carbocycles. The van der Waals surface area contributed by atoms with Gasteiger partial charge in [-0.1, -0.05) is 0 Å². The summed E-state index contributed by atoms with van der Waals surface area (Å²) in [5, 5.41) is 10.7. The van der Waals surface area contributed by atoms with Gasteiger partial charge in [0, 0.05) is 6.92 Å². The first-order chi connectivity index (χ1) is 7.28. The third-order valence-electron chi connectivity index (χ3n) is 1.69. The number of carboxylic acids is 1. The number of amides is 1. The van der Waals surface area contributed by atoms with E-state index in [0.29, 0.717) is 0 Å². The number of rotatable bonds is 7. The highest BCUT2D eigenvalue weighted by molar-refractivity contribution is 7.91. The highest BCUT2D eigenvalue weighted by Crippen LogP contribution is 1.99. The van der Waals surface area contributed by atoms with E-state index in [1.165, 1.54) is 0 Å². The van der Waals surface area contributed by atoms with E-state index >= 15 is 0 Å². The van der Waals surface area contributed by atoms with Gasteiger partial charge in [-0.3, -0.25) is 9.18 Å². The number of hydrogen-bond acceptors (Lipinski definition) is 4. The third-order valence-corrected chi connectivity index (χ3v) is 3.44. The molecule has 0 aromatic heterocycles. The number of carboxylic acid groups (broad SMARTS) is 1. The Labute approximate surface area is 92.8 Å². The molecule has 0 aromatic rings. The first kappa shape index (κ1) is 14.8. The van der Waals surface area contributed by atoms with E-state index in [2.05, 4.69) is 0 Å². The molecule has 0 bridgehead atoms. The summed E-state index contributed by atoms with van der Waals surface area (Å²) in [6.45, 7) is 0.307. The molecule has 0 spiro atoms. The second-order valence-electron chi connectivity index (χ2n) is 3.25. The molecule has 94 valence electrons. The maximum absolute atomic E-state index is 11.8. The zero-order chi connectivity index (χ0) is 12.8. The van der Waals surface area contributed by atoms with Crippen LogP contribution in [0.4, 0.5) is 4.39 Å². The Morgan fingerprint density at radius 1 is 1.44 bits per heavy atom. The average Bonchev–Trinajstić information content (AvgIpc) is 2.12.